The Morgan fingerprint density at radius 3 is 2.82 bits per heavy atom. The summed E-state index contributed by atoms with van der Waals surface area (Å²) in [6.07, 6.45) is 0.981. The van der Waals surface area contributed by atoms with Gasteiger partial charge in [-0.05, 0) is 24.1 Å². The molecule has 0 spiro atoms. The fourth-order valence-electron chi connectivity index (χ4n) is 1.65. The quantitative estimate of drug-likeness (QED) is 0.906. The van der Waals surface area contributed by atoms with E-state index in [1.54, 1.807) is 7.11 Å². The van der Waals surface area contributed by atoms with Crippen LogP contribution in [0.3, 0.4) is 0 Å². The Hall–Kier alpha value is -1.39. The molecule has 3 nitrogen and oxygen atoms in total. The number of aliphatic hydroxyl groups excluding tert-OH is 1. The van der Waals surface area contributed by atoms with Gasteiger partial charge < -0.3 is 9.84 Å². The van der Waals surface area contributed by atoms with Crippen molar-refractivity contribution in [3.8, 4) is 16.3 Å². The minimum absolute atomic E-state index is 0.0215. The first-order chi connectivity index (χ1) is 8.28. The molecule has 2 rings (SSSR count). The molecule has 0 unspecified atom stereocenters. The summed E-state index contributed by atoms with van der Waals surface area (Å²) in [4.78, 5) is 4.37. The summed E-state index contributed by atoms with van der Waals surface area (Å²) in [6.45, 7) is 2.10. The zero-order chi connectivity index (χ0) is 12.3. The maximum Gasteiger partial charge on any atom is 0.129 e. The van der Waals surface area contributed by atoms with Crippen molar-refractivity contribution in [2.45, 2.75) is 20.0 Å². The van der Waals surface area contributed by atoms with E-state index >= 15 is 0 Å². The number of benzene rings is 1. The highest BCUT2D eigenvalue weighted by Crippen LogP contribution is 2.33. The zero-order valence-corrected chi connectivity index (χ0v) is 10.8. The SMILES string of the molecule is CCc1ccc(OC)c(-c2nc(CO)cs2)c1. The van der Waals surface area contributed by atoms with Crippen LogP contribution in [0.25, 0.3) is 10.6 Å². The zero-order valence-electron chi connectivity index (χ0n) is 9.93. The molecule has 0 radical (unpaired) electrons. The molecule has 0 aliphatic heterocycles. The Morgan fingerprint density at radius 1 is 1.41 bits per heavy atom. The Morgan fingerprint density at radius 2 is 2.24 bits per heavy atom. The first-order valence-electron chi connectivity index (χ1n) is 5.51. The predicted octanol–water partition coefficient (Wildman–Crippen LogP) is 2.87. The molecule has 17 heavy (non-hydrogen) atoms. The average molecular weight is 249 g/mol. The van der Waals surface area contributed by atoms with Crippen LogP contribution in [0.15, 0.2) is 23.6 Å². The lowest BCUT2D eigenvalue weighted by atomic mass is 10.1. The molecule has 1 N–H and O–H groups in total. The third-order valence-corrected chi connectivity index (χ3v) is 3.54. The lowest BCUT2D eigenvalue weighted by Gasteiger charge is -2.07. The number of hydrogen-bond donors (Lipinski definition) is 1. The number of ether oxygens (including phenoxy) is 1. The molecule has 0 fully saturated rings. The second-order valence-corrected chi connectivity index (χ2v) is 4.55. The number of methoxy groups -OCH3 is 1. The highest BCUT2D eigenvalue weighted by Gasteiger charge is 2.10. The van der Waals surface area contributed by atoms with E-state index in [2.05, 4.69) is 24.0 Å². The Kier molecular flexibility index (Phi) is 3.76. The third kappa shape index (κ3) is 2.48. The van der Waals surface area contributed by atoms with Gasteiger partial charge in [-0.15, -0.1) is 11.3 Å². The number of rotatable bonds is 4. The van der Waals surface area contributed by atoms with E-state index in [9.17, 15) is 0 Å². The number of aryl methyl sites for hydroxylation is 1. The molecule has 0 bridgehead atoms. The van der Waals surface area contributed by atoms with Crippen molar-refractivity contribution in [1.82, 2.24) is 4.98 Å². The van der Waals surface area contributed by atoms with E-state index in [0.29, 0.717) is 5.69 Å². The van der Waals surface area contributed by atoms with Crippen LogP contribution in [-0.4, -0.2) is 17.2 Å². The molecule has 0 atom stereocenters. The number of hydrogen-bond acceptors (Lipinski definition) is 4. The van der Waals surface area contributed by atoms with Crippen molar-refractivity contribution in [1.29, 1.82) is 0 Å². The van der Waals surface area contributed by atoms with Gasteiger partial charge in [0.05, 0.1) is 25.0 Å². The summed E-state index contributed by atoms with van der Waals surface area (Å²) in [5, 5.41) is 11.8. The minimum Gasteiger partial charge on any atom is -0.496 e. The monoisotopic (exact) mass is 249 g/mol. The highest BCUT2D eigenvalue weighted by molar-refractivity contribution is 7.13. The van der Waals surface area contributed by atoms with Gasteiger partial charge in [0.25, 0.3) is 0 Å². The Labute approximate surface area is 105 Å². The first kappa shape index (κ1) is 12.1. The lowest BCUT2D eigenvalue weighted by Crippen LogP contribution is -1.90. The van der Waals surface area contributed by atoms with E-state index in [4.69, 9.17) is 9.84 Å². The molecule has 1 heterocycles. The molecule has 90 valence electrons. The summed E-state index contributed by atoms with van der Waals surface area (Å²) < 4.78 is 5.35. The third-order valence-electron chi connectivity index (χ3n) is 2.62. The summed E-state index contributed by atoms with van der Waals surface area (Å²) in [7, 11) is 1.66. The average Bonchev–Trinajstić information content (AvgIpc) is 2.86. The summed E-state index contributed by atoms with van der Waals surface area (Å²) in [5.41, 5.74) is 2.95. The van der Waals surface area contributed by atoms with E-state index in [1.165, 1.54) is 16.9 Å². The molecule has 1 aromatic heterocycles. The van der Waals surface area contributed by atoms with E-state index in [-0.39, 0.29) is 6.61 Å². The standard InChI is InChI=1S/C13H15NO2S/c1-3-9-4-5-12(16-2)11(6-9)13-14-10(7-15)8-17-13/h4-6,8,15H,3,7H2,1-2H3. The van der Waals surface area contributed by atoms with E-state index in [1.807, 2.05) is 11.4 Å². The Balaban J connectivity index is 2.47. The smallest absolute Gasteiger partial charge is 0.129 e. The molecule has 0 amide bonds. The van der Waals surface area contributed by atoms with Crippen molar-refractivity contribution in [2.75, 3.05) is 7.11 Å². The molecule has 0 aliphatic rings. The fraction of sp³-hybridized carbons (Fsp3) is 0.308. The topological polar surface area (TPSA) is 42.4 Å². The van der Waals surface area contributed by atoms with Crippen LogP contribution in [0.4, 0.5) is 0 Å². The van der Waals surface area contributed by atoms with Gasteiger partial charge in [0.15, 0.2) is 0 Å². The van der Waals surface area contributed by atoms with Crippen molar-refractivity contribution in [3.05, 3.63) is 34.8 Å². The van der Waals surface area contributed by atoms with Crippen LogP contribution in [-0.2, 0) is 13.0 Å². The molecular weight excluding hydrogens is 234 g/mol. The lowest BCUT2D eigenvalue weighted by molar-refractivity contribution is 0.278. The van der Waals surface area contributed by atoms with Crippen molar-refractivity contribution in [2.24, 2.45) is 0 Å². The second-order valence-electron chi connectivity index (χ2n) is 3.69. The van der Waals surface area contributed by atoms with Gasteiger partial charge in [-0.25, -0.2) is 4.98 Å². The van der Waals surface area contributed by atoms with Crippen molar-refractivity contribution < 1.29 is 9.84 Å². The molecule has 0 saturated heterocycles. The minimum atomic E-state index is -0.0215. The van der Waals surface area contributed by atoms with Crippen LogP contribution >= 0.6 is 11.3 Å². The van der Waals surface area contributed by atoms with E-state index < -0.39 is 0 Å². The molecule has 1 aromatic carbocycles. The number of aromatic nitrogens is 1. The summed E-state index contributed by atoms with van der Waals surface area (Å²) >= 11 is 1.52. The van der Waals surface area contributed by atoms with Crippen LogP contribution in [0.2, 0.25) is 0 Å². The van der Waals surface area contributed by atoms with Gasteiger partial charge in [-0.3, -0.25) is 0 Å². The fourth-order valence-corrected chi connectivity index (χ4v) is 2.48. The van der Waals surface area contributed by atoms with Crippen LogP contribution in [0, 0.1) is 0 Å². The summed E-state index contributed by atoms with van der Waals surface area (Å²) in [5.74, 6) is 0.820. The van der Waals surface area contributed by atoms with Gasteiger partial charge >= 0.3 is 0 Å². The summed E-state index contributed by atoms with van der Waals surface area (Å²) in [6, 6.07) is 6.12. The maximum absolute atomic E-state index is 9.04. The van der Waals surface area contributed by atoms with Gasteiger partial charge in [0.1, 0.15) is 10.8 Å². The van der Waals surface area contributed by atoms with Gasteiger partial charge in [-0.2, -0.15) is 0 Å². The maximum atomic E-state index is 9.04. The molecule has 2 aromatic rings. The largest absolute Gasteiger partial charge is 0.496 e. The van der Waals surface area contributed by atoms with Gasteiger partial charge in [0.2, 0.25) is 0 Å². The second kappa shape index (κ2) is 5.29. The highest BCUT2D eigenvalue weighted by atomic mass is 32.1. The predicted molar refractivity (Wildman–Crippen MR) is 69.4 cm³/mol. The van der Waals surface area contributed by atoms with Crippen LogP contribution in [0.5, 0.6) is 5.75 Å². The van der Waals surface area contributed by atoms with Gasteiger partial charge in [-0.1, -0.05) is 13.0 Å². The molecular formula is C13H15NO2S. The van der Waals surface area contributed by atoms with Crippen LogP contribution < -0.4 is 4.74 Å². The van der Waals surface area contributed by atoms with Crippen molar-refractivity contribution >= 4 is 11.3 Å². The van der Waals surface area contributed by atoms with Crippen molar-refractivity contribution in [3.63, 3.8) is 0 Å². The molecule has 4 heteroatoms. The number of aliphatic hydroxyl groups is 1. The number of nitrogens with zero attached hydrogens (tertiary/aromatic N) is 1. The number of thiazole rings is 1. The molecule has 0 aliphatic carbocycles. The van der Waals surface area contributed by atoms with E-state index in [0.717, 1.165) is 22.7 Å². The normalized spacial score (nSPS) is 10.5. The van der Waals surface area contributed by atoms with Crippen LogP contribution in [0.1, 0.15) is 18.2 Å². The molecule has 0 saturated carbocycles. The first-order valence-corrected chi connectivity index (χ1v) is 6.39. The van der Waals surface area contributed by atoms with Gasteiger partial charge in [0, 0.05) is 5.38 Å². The Bertz CT molecular complexity index is 508.